The number of carbonyl (C=O) groups excluding carboxylic acids is 1. The molecule has 82 valence electrons. The summed E-state index contributed by atoms with van der Waals surface area (Å²) in [6.45, 7) is 3.87. The number of carbonyl (C=O) groups is 1. The molecule has 2 heteroatoms. The summed E-state index contributed by atoms with van der Waals surface area (Å²) in [6, 6.07) is -0.223. The second-order valence-corrected chi connectivity index (χ2v) is 4.93. The highest BCUT2D eigenvalue weighted by Crippen LogP contribution is 2.33. The van der Waals surface area contributed by atoms with E-state index in [4.69, 9.17) is 5.73 Å². The molecule has 2 unspecified atom stereocenters. The van der Waals surface area contributed by atoms with Crippen LogP contribution in [0, 0.1) is 11.8 Å². The average molecular weight is 197 g/mol. The summed E-state index contributed by atoms with van der Waals surface area (Å²) in [5.74, 6) is 1.84. The van der Waals surface area contributed by atoms with Gasteiger partial charge in [-0.25, -0.2) is 0 Å². The molecular formula is C12H23NO. The lowest BCUT2D eigenvalue weighted by Gasteiger charge is -2.28. The van der Waals surface area contributed by atoms with Gasteiger partial charge in [-0.15, -0.1) is 0 Å². The van der Waals surface area contributed by atoms with Gasteiger partial charge in [-0.1, -0.05) is 26.2 Å². The first-order valence-corrected chi connectivity index (χ1v) is 5.85. The highest BCUT2D eigenvalue weighted by molar-refractivity contribution is 5.80. The second-order valence-electron chi connectivity index (χ2n) is 4.93. The minimum absolute atomic E-state index is 0.126. The number of hydrogen-bond acceptors (Lipinski definition) is 2. The van der Waals surface area contributed by atoms with Crippen LogP contribution in [0.25, 0.3) is 0 Å². The smallest absolute Gasteiger partial charge is 0.146 e. The number of Topliss-reactive ketones (excluding diaryl/α,β-unsaturated/α-hetero) is 1. The Balaban J connectivity index is 2.07. The van der Waals surface area contributed by atoms with Gasteiger partial charge in [0.25, 0.3) is 0 Å². The Morgan fingerprint density at radius 2 is 2.07 bits per heavy atom. The lowest BCUT2D eigenvalue weighted by molar-refractivity contribution is -0.118. The Kier molecular flexibility index (Phi) is 4.59. The fourth-order valence-corrected chi connectivity index (χ4v) is 2.08. The standard InChI is InChI=1S/C12H23NO/c1-9(8-11-4-3-5-11)6-7-12(13)10(2)14/h9,11-12H,3-8,13H2,1-2H3. The van der Waals surface area contributed by atoms with Crippen LogP contribution in [0.15, 0.2) is 0 Å². The normalized spacial score (nSPS) is 21.4. The van der Waals surface area contributed by atoms with Gasteiger partial charge in [0.15, 0.2) is 0 Å². The summed E-state index contributed by atoms with van der Waals surface area (Å²) >= 11 is 0. The number of rotatable bonds is 6. The molecule has 0 aliphatic heterocycles. The Morgan fingerprint density at radius 1 is 1.43 bits per heavy atom. The number of nitrogens with two attached hydrogens (primary N) is 1. The van der Waals surface area contributed by atoms with Crippen molar-refractivity contribution in [2.45, 2.75) is 58.4 Å². The van der Waals surface area contributed by atoms with Gasteiger partial charge in [-0.05, 0) is 38.0 Å². The van der Waals surface area contributed by atoms with Crippen molar-refractivity contribution >= 4 is 5.78 Å². The predicted molar refractivity (Wildman–Crippen MR) is 59.0 cm³/mol. The maximum Gasteiger partial charge on any atom is 0.146 e. The van der Waals surface area contributed by atoms with Crippen LogP contribution in [0.4, 0.5) is 0 Å². The Morgan fingerprint density at radius 3 is 2.50 bits per heavy atom. The maximum absolute atomic E-state index is 10.9. The molecule has 0 radical (unpaired) electrons. The number of ketones is 1. The molecule has 0 amide bonds. The monoisotopic (exact) mass is 197 g/mol. The van der Waals surface area contributed by atoms with Gasteiger partial charge in [-0.2, -0.15) is 0 Å². The van der Waals surface area contributed by atoms with Crippen LogP contribution in [-0.2, 0) is 4.79 Å². The molecule has 0 aromatic carbocycles. The average Bonchev–Trinajstić information content (AvgIpc) is 2.07. The van der Waals surface area contributed by atoms with Crippen molar-refractivity contribution in [3.8, 4) is 0 Å². The van der Waals surface area contributed by atoms with Gasteiger partial charge < -0.3 is 5.73 Å². The van der Waals surface area contributed by atoms with E-state index in [1.807, 2.05) is 0 Å². The van der Waals surface area contributed by atoms with Gasteiger partial charge >= 0.3 is 0 Å². The predicted octanol–water partition coefficient (Wildman–Crippen LogP) is 2.51. The van der Waals surface area contributed by atoms with Gasteiger partial charge in [-0.3, -0.25) is 4.79 Å². The first-order valence-electron chi connectivity index (χ1n) is 5.85. The zero-order valence-corrected chi connectivity index (χ0v) is 9.46. The zero-order chi connectivity index (χ0) is 10.6. The lowest BCUT2D eigenvalue weighted by Crippen LogP contribution is -2.28. The molecule has 1 fully saturated rings. The van der Waals surface area contributed by atoms with Crippen LogP contribution in [0.1, 0.15) is 52.4 Å². The summed E-state index contributed by atoms with van der Waals surface area (Å²) in [4.78, 5) is 10.9. The van der Waals surface area contributed by atoms with E-state index in [9.17, 15) is 4.79 Å². The molecule has 0 aromatic heterocycles. The van der Waals surface area contributed by atoms with Gasteiger partial charge in [0.2, 0.25) is 0 Å². The minimum Gasteiger partial charge on any atom is -0.322 e. The zero-order valence-electron chi connectivity index (χ0n) is 9.46. The molecule has 2 atom stereocenters. The van der Waals surface area contributed by atoms with Crippen molar-refractivity contribution in [2.24, 2.45) is 17.6 Å². The molecule has 1 saturated carbocycles. The lowest BCUT2D eigenvalue weighted by atomic mass is 9.78. The first-order chi connectivity index (χ1) is 6.59. The third kappa shape index (κ3) is 3.79. The van der Waals surface area contributed by atoms with Crippen molar-refractivity contribution < 1.29 is 4.79 Å². The van der Waals surface area contributed by atoms with E-state index < -0.39 is 0 Å². The molecule has 0 heterocycles. The second kappa shape index (κ2) is 5.50. The summed E-state index contributed by atoms with van der Waals surface area (Å²) < 4.78 is 0. The Bertz CT molecular complexity index is 187. The van der Waals surface area contributed by atoms with Crippen molar-refractivity contribution in [3.05, 3.63) is 0 Å². The van der Waals surface area contributed by atoms with Crippen LogP contribution in [-0.4, -0.2) is 11.8 Å². The molecule has 1 rings (SSSR count). The van der Waals surface area contributed by atoms with Crippen molar-refractivity contribution in [3.63, 3.8) is 0 Å². The van der Waals surface area contributed by atoms with E-state index >= 15 is 0 Å². The van der Waals surface area contributed by atoms with Crippen molar-refractivity contribution in [1.82, 2.24) is 0 Å². The van der Waals surface area contributed by atoms with E-state index in [0.717, 1.165) is 24.7 Å². The van der Waals surface area contributed by atoms with Gasteiger partial charge in [0.1, 0.15) is 5.78 Å². The summed E-state index contributed by atoms with van der Waals surface area (Å²) in [6.07, 6.45) is 7.57. The van der Waals surface area contributed by atoms with Gasteiger partial charge in [0, 0.05) is 0 Å². The molecule has 0 aromatic rings. The minimum atomic E-state index is -0.223. The summed E-state index contributed by atoms with van der Waals surface area (Å²) in [7, 11) is 0. The topological polar surface area (TPSA) is 43.1 Å². The number of hydrogen-bond donors (Lipinski definition) is 1. The Hall–Kier alpha value is -0.370. The van der Waals surface area contributed by atoms with Crippen LogP contribution in [0.2, 0.25) is 0 Å². The summed E-state index contributed by atoms with van der Waals surface area (Å²) in [5, 5.41) is 0. The Labute approximate surface area is 87.2 Å². The molecule has 1 aliphatic carbocycles. The molecule has 0 saturated heterocycles. The van der Waals surface area contributed by atoms with Crippen LogP contribution in [0.5, 0.6) is 0 Å². The largest absolute Gasteiger partial charge is 0.322 e. The van der Waals surface area contributed by atoms with E-state index in [0.29, 0.717) is 0 Å². The molecule has 14 heavy (non-hydrogen) atoms. The molecule has 2 nitrogen and oxygen atoms in total. The van der Waals surface area contributed by atoms with E-state index in [1.54, 1.807) is 6.92 Å². The third-order valence-electron chi connectivity index (χ3n) is 3.45. The quantitative estimate of drug-likeness (QED) is 0.711. The molecule has 0 bridgehead atoms. The van der Waals surface area contributed by atoms with Crippen molar-refractivity contribution in [1.29, 1.82) is 0 Å². The fourth-order valence-electron chi connectivity index (χ4n) is 2.08. The van der Waals surface area contributed by atoms with E-state index in [2.05, 4.69) is 6.92 Å². The molecular weight excluding hydrogens is 174 g/mol. The molecule has 0 spiro atoms. The molecule has 1 aliphatic rings. The third-order valence-corrected chi connectivity index (χ3v) is 3.45. The van der Waals surface area contributed by atoms with Crippen LogP contribution < -0.4 is 5.73 Å². The fraction of sp³-hybridized carbons (Fsp3) is 0.917. The van der Waals surface area contributed by atoms with Gasteiger partial charge in [0.05, 0.1) is 6.04 Å². The van der Waals surface area contributed by atoms with Crippen LogP contribution in [0.3, 0.4) is 0 Å². The maximum atomic E-state index is 10.9. The van der Waals surface area contributed by atoms with Crippen molar-refractivity contribution in [2.75, 3.05) is 0 Å². The summed E-state index contributed by atoms with van der Waals surface area (Å²) in [5.41, 5.74) is 5.69. The first kappa shape index (κ1) is 11.7. The van der Waals surface area contributed by atoms with E-state index in [-0.39, 0.29) is 11.8 Å². The molecule has 2 N–H and O–H groups in total. The highest BCUT2D eigenvalue weighted by atomic mass is 16.1. The van der Waals surface area contributed by atoms with E-state index in [1.165, 1.54) is 25.7 Å². The van der Waals surface area contributed by atoms with Crippen LogP contribution >= 0.6 is 0 Å². The SMILES string of the molecule is CC(=O)C(N)CCC(C)CC1CCC1. The highest BCUT2D eigenvalue weighted by Gasteiger charge is 2.20.